The van der Waals surface area contributed by atoms with Crippen LogP contribution < -0.4 is 4.57 Å². The lowest BCUT2D eigenvalue weighted by Crippen LogP contribution is -2.29. The number of pyridine rings is 2. The van der Waals surface area contributed by atoms with Crippen LogP contribution in [-0.2, 0) is 12.5 Å². The Morgan fingerprint density at radius 3 is 2.26 bits per heavy atom. The standard InChI is InChI=1S/C33H29N2/c1-20-17-26-25-13-9-10-14-27(25)35-28-19-24(33(3,4)23-11-7-6-8-12-23)18-22-15-16-34(5)32(30(22)28)29(21(20)2)31(26)35/h6-19H,1-5H3/q+1. The molecule has 7 rings (SSSR count). The molecule has 0 saturated carbocycles. The zero-order chi connectivity index (χ0) is 24.1. The van der Waals surface area contributed by atoms with E-state index in [4.69, 9.17) is 0 Å². The minimum Gasteiger partial charge on any atom is -0.307 e. The molecule has 0 saturated heterocycles. The summed E-state index contributed by atoms with van der Waals surface area (Å²) in [4.78, 5) is 0. The van der Waals surface area contributed by atoms with E-state index in [1.54, 1.807) is 0 Å². The zero-order valence-corrected chi connectivity index (χ0v) is 21.0. The van der Waals surface area contributed by atoms with Crippen molar-refractivity contribution in [3.05, 3.63) is 107 Å². The lowest BCUT2D eigenvalue weighted by atomic mass is 9.77. The summed E-state index contributed by atoms with van der Waals surface area (Å²) in [6.07, 6.45) is 2.23. The Morgan fingerprint density at radius 1 is 0.714 bits per heavy atom. The van der Waals surface area contributed by atoms with Crippen LogP contribution in [-0.4, -0.2) is 4.40 Å². The molecule has 3 heterocycles. The minimum absolute atomic E-state index is 0.115. The van der Waals surface area contributed by atoms with Crippen molar-refractivity contribution in [3.8, 4) is 0 Å². The number of fused-ring (bicyclic) bond motifs is 5. The fraction of sp³-hybridized carbons (Fsp3) is 0.182. The fourth-order valence-corrected chi connectivity index (χ4v) is 6.24. The van der Waals surface area contributed by atoms with Crippen molar-refractivity contribution in [2.24, 2.45) is 7.05 Å². The largest absolute Gasteiger partial charge is 0.307 e. The molecule has 170 valence electrons. The van der Waals surface area contributed by atoms with Crippen molar-refractivity contribution in [2.75, 3.05) is 0 Å². The molecule has 0 N–H and O–H groups in total. The highest BCUT2D eigenvalue weighted by Gasteiger charge is 2.28. The lowest BCUT2D eigenvalue weighted by Gasteiger charge is -2.27. The van der Waals surface area contributed by atoms with Gasteiger partial charge in [-0.15, -0.1) is 0 Å². The van der Waals surface area contributed by atoms with E-state index < -0.39 is 0 Å². The fourth-order valence-electron chi connectivity index (χ4n) is 6.24. The molecule has 0 aliphatic carbocycles. The maximum absolute atomic E-state index is 2.53. The normalized spacial score (nSPS) is 12.7. The second kappa shape index (κ2) is 6.82. The summed E-state index contributed by atoms with van der Waals surface area (Å²) in [6.45, 7) is 9.21. The number of rotatable bonds is 2. The number of benzene rings is 4. The Bertz CT molecular complexity index is 1940. The topological polar surface area (TPSA) is 8.29 Å². The first-order valence-corrected chi connectivity index (χ1v) is 12.4. The minimum atomic E-state index is -0.115. The van der Waals surface area contributed by atoms with E-state index in [-0.39, 0.29) is 5.41 Å². The van der Waals surface area contributed by atoms with Gasteiger partial charge in [0.25, 0.3) is 0 Å². The van der Waals surface area contributed by atoms with Gasteiger partial charge in [-0.2, -0.15) is 0 Å². The van der Waals surface area contributed by atoms with Crippen LogP contribution in [0.5, 0.6) is 0 Å². The van der Waals surface area contributed by atoms with Crippen molar-refractivity contribution in [2.45, 2.75) is 33.1 Å². The lowest BCUT2D eigenvalue weighted by molar-refractivity contribution is -0.643. The molecule has 0 amide bonds. The summed E-state index contributed by atoms with van der Waals surface area (Å²) in [7, 11) is 2.19. The predicted molar refractivity (Wildman–Crippen MR) is 148 cm³/mol. The van der Waals surface area contributed by atoms with Crippen molar-refractivity contribution < 1.29 is 4.57 Å². The third-order valence-electron chi connectivity index (χ3n) is 8.39. The van der Waals surface area contributed by atoms with Crippen LogP contribution in [0, 0.1) is 13.8 Å². The van der Waals surface area contributed by atoms with Crippen molar-refractivity contribution >= 4 is 49.0 Å². The van der Waals surface area contributed by atoms with Gasteiger partial charge in [0.05, 0.1) is 27.3 Å². The quantitative estimate of drug-likeness (QED) is 0.144. The van der Waals surface area contributed by atoms with Crippen LogP contribution in [0.3, 0.4) is 0 Å². The Labute approximate surface area is 205 Å². The van der Waals surface area contributed by atoms with Crippen molar-refractivity contribution in [1.29, 1.82) is 0 Å². The second-order valence-corrected chi connectivity index (χ2v) is 10.7. The molecule has 0 fully saturated rings. The number of nitrogens with zero attached hydrogens (tertiary/aromatic N) is 2. The highest BCUT2D eigenvalue weighted by atomic mass is 15.0. The molecule has 0 radical (unpaired) electrons. The number of hydrogen-bond acceptors (Lipinski definition) is 0. The van der Waals surface area contributed by atoms with E-state index in [0.29, 0.717) is 0 Å². The van der Waals surface area contributed by atoms with Gasteiger partial charge in [0, 0.05) is 22.3 Å². The molecule has 3 aromatic heterocycles. The molecule has 2 heteroatoms. The predicted octanol–water partition coefficient (Wildman–Crippen LogP) is 7.76. The Hall–Kier alpha value is -3.91. The van der Waals surface area contributed by atoms with Crippen LogP contribution in [0.2, 0.25) is 0 Å². The summed E-state index contributed by atoms with van der Waals surface area (Å²) in [5.74, 6) is 0. The molecule has 0 spiro atoms. The van der Waals surface area contributed by atoms with Crippen molar-refractivity contribution in [1.82, 2.24) is 4.40 Å². The highest BCUT2D eigenvalue weighted by molar-refractivity contribution is 6.26. The van der Waals surface area contributed by atoms with Gasteiger partial charge < -0.3 is 4.40 Å². The average molecular weight is 454 g/mol. The third kappa shape index (κ3) is 2.57. The zero-order valence-electron chi connectivity index (χ0n) is 21.0. The molecular weight excluding hydrogens is 424 g/mol. The molecule has 0 unspecified atom stereocenters. The van der Waals surface area contributed by atoms with Gasteiger partial charge >= 0.3 is 0 Å². The van der Waals surface area contributed by atoms with Crippen LogP contribution in [0.25, 0.3) is 49.0 Å². The monoisotopic (exact) mass is 453 g/mol. The maximum Gasteiger partial charge on any atom is 0.224 e. The molecule has 0 atom stereocenters. The first kappa shape index (κ1) is 20.5. The first-order chi connectivity index (χ1) is 16.9. The van der Waals surface area contributed by atoms with E-state index in [1.807, 2.05) is 0 Å². The highest BCUT2D eigenvalue weighted by Crippen LogP contribution is 2.43. The Balaban J connectivity index is 1.78. The molecule has 2 nitrogen and oxygen atoms in total. The number of hydrogen-bond donors (Lipinski definition) is 0. The Kier molecular flexibility index (Phi) is 3.99. The first-order valence-electron chi connectivity index (χ1n) is 12.4. The molecule has 35 heavy (non-hydrogen) atoms. The van der Waals surface area contributed by atoms with Gasteiger partial charge in [0.15, 0.2) is 6.20 Å². The van der Waals surface area contributed by atoms with E-state index >= 15 is 0 Å². The van der Waals surface area contributed by atoms with Crippen LogP contribution >= 0.6 is 0 Å². The summed E-state index contributed by atoms with van der Waals surface area (Å²) >= 11 is 0. The van der Waals surface area contributed by atoms with Crippen LogP contribution in [0.15, 0.2) is 85.1 Å². The van der Waals surface area contributed by atoms with Crippen LogP contribution in [0.1, 0.15) is 36.1 Å². The number of para-hydroxylation sites is 1. The van der Waals surface area contributed by atoms with E-state index in [9.17, 15) is 0 Å². The second-order valence-electron chi connectivity index (χ2n) is 10.7. The van der Waals surface area contributed by atoms with Gasteiger partial charge in [0.1, 0.15) is 7.05 Å². The van der Waals surface area contributed by atoms with Gasteiger partial charge in [-0.25, -0.2) is 4.57 Å². The maximum atomic E-state index is 2.53. The molecule has 4 aromatic carbocycles. The van der Waals surface area contributed by atoms with Gasteiger partial charge in [0.2, 0.25) is 5.52 Å². The molecule has 7 aromatic rings. The summed E-state index contributed by atoms with van der Waals surface area (Å²) in [5, 5.41) is 6.67. The Morgan fingerprint density at radius 2 is 1.46 bits per heavy atom. The molecular formula is C33H29N2+. The van der Waals surface area contributed by atoms with Gasteiger partial charge in [-0.1, -0.05) is 62.4 Å². The van der Waals surface area contributed by atoms with Crippen LogP contribution in [0.4, 0.5) is 0 Å². The third-order valence-corrected chi connectivity index (χ3v) is 8.39. The molecule has 0 aliphatic heterocycles. The van der Waals surface area contributed by atoms with E-state index in [2.05, 4.69) is 129 Å². The van der Waals surface area contributed by atoms with Gasteiger partial charge in [-0.05, 0) is 65.8 Å². The number of aromatic nitrogens is 2. The van der Waals surface area contributed by atoms with Gasteiger partial charge in [-0.3, -0.25) is 0 Å². The van der Waals surface area contributed by atoms with E-state index in [0.717, 1.165) is 0 Å². The molecule has 0 bridgehead atoms. The average Bonchev–Trinajstić information content (AvgIpc) is 3.20. The molecule has 0 aliphatic rings. The number of aryl methyl sites for hydroxylation is 3. The SMILES string of the molecule is Cc1cc2c3ccccc3n3c4cc(C(C)(C)c5ccccc5)cc5cc[n+](C)c(c(c1C)c23)c54. The summed E-state index contributed by atoms with van der Waals surface area (Å²) in [6, 6.07) is 29.3. The smallest absolute Gasteiger partial charge is 0.224 e. The summed E-state index contributed by atoms with van der Waals surface area (Å²) in [5.41, 5.74) is 10.5. The van der Waals surface area contributed by atoms with E-state index in [1.165, 1.54) is 71.3 Å². The summed E-state index contributed by atoms with van der Waals surface area (Å²) < 4.78 is 4.85. The van der Waals surface area contributed by atoms with Crippen molar-refractivity contribution in [3.63, 3.8) is 0 Å².